The summed E-state index contributed by atoms with van der Waals surface area (Å²) >= 11 is 0. The molecule has 1 aromatic carbocycles. The van der Waals surface area contributed by atoms with E-state index in [1.807, 2.05) is 37.4 Å². The van der Waals surface area contributed by atoms with Crippen LogP contribution < -0.4 is 15.5 Å². The number of urea groups is 1. The molecule has 4 heterocycles. The molecule has 204 valence electrons. The highest BCUT2D eigenvalue weighted by molar-refractivity contribution is 5.90. The van der Waals surface area contributed by atoms with Gasteiger partial charge < -0.3 is 30.3 Å². The molecule has 0 unspecified atom stereocenters. The van der Waals surface area contributed by atoms with E-state index in [9.17, 15) is 4.79 Å². The number of amides is 2. The topological polar surface area (TPSA) is 121 Å². The number of likely N-dealkylation sites (tertiary alicyclic amines) is 1. The average Bonchev–Trinajstić information content (AvgIpc) is 3.38. The largest absolute Gasteiger partial charge is 0.396 e. The molecule has 11 heteroatoms. The number of nitrogens with one attached hydrogen (secondary N) is 2. The molecule has 2 aromatic heterocycles. The monoisotopic (exact) mass is 522 g/mol. The molecule has 2 saturated heterocycles. The molecule has 2 aliphatic heterocycles. The molecule has 0 spiro atoms. The van der Waals surface area contributed by atoms with Crippen LogP contribution in [0.25, 0.3) is 22.4 Å². The third-order valence-corrected chi connectivity index (χ3v) is 7.27. The maximum Gasteiger partial charge on any atom is 0.319 e. The van der Waals surface area contributed by atoms with Crippen LogP contribution in [0.4, 0.5) is 16.3 Å². The van der Waals surface area contributed by atoms with Gasteiger partial charge in [0.1, 0.15) is 5.82 Å². The molecule has 2 aliphatic rings. The number of ether oxygens (including phenoxy) is 1. The van der Waals surface area contributed by atoms with Crippen molar-refractivity contribution in [1.82, 2.24) is 30.0 Å². The van der Waals surface area contributed by atoms with Crippen molar-refractivity contribution in [2.24, 2.45) is 0 Å². The van der Waals surface area contributed by atoms with E-state index < -0.39 is 0 Å². The second kappa shape index (κ2) is 12.5. The van der Waals surface area contributed by atoms with Crippen LogP contribution in [0.1, 0.15) is 38.6 Å². The first kappa shape index (κ1) is 26.3. The lowest BCUT2D eigenvalue weighted by Crippen LogP contribution is -2.37. The van der Waals surface area contributed by atoms with Crippen molar-refractivity contribution in [3.05, 3.63) is 30.5 Å². The SMILES string of the molecule is CCNC(=O)Nc1ccc(-c2nc(N3CCOCC3)c3cnn(C4CCN(CCCCO)CC4)c3n2)cc1. The molecular weight excluding hydrogens is 484 g/mol. The van der Waals surface area contributed by atoms with E-state index in [0.29, 0.717) is 31.3 Å². The van der Waals surface area contributed by atoms with Gasteiger partial charge >= 0.3 is 6.03 Å². The van der Waals surface area contributed by atoms with E-state index in [1.165, 1.54) is 0 Å². The Bertz CT molecular complexity index is 1200. The zero-order valence-electron chi connectivity index (χ0n) is 22.1. The number of hydrogen-bond donors (Lipinski definition) is 3. The molecule has 38 heavy (non-hydrogen) atoms. The Morgan fingerprint density at radius 2 is 1.84 bits per heavy atom. The molecule has 0 aliphatic carbocycles. The van der Waals surface area contributed by atoms with Crippen molar-refractivity contribution in [3.63, 3.8) is 0 Å². The number of carbonyl (C=O) groups is 1. The molecule has 2 fully saturated rings. The number of benzene rings is 1. The minimum absolute atomic E-state index is 0.226. The molecule has 5 rings (SSSR count). The molecule has 0 radical (unpaired) electrons. The minimum Gasteiger partial charge on any atom is -0.396 e. The normalized spacial score (nSPS) is 17.2. The summed E-state index contributed by atoms with van der Waals surface area (Å²) in [5.41, 5.74) is 2.46. The number of fused-ring (bicyclic) bond motifs is 1. The van der Waals surface area contributed by atoms with Crippen molar-refractivity contribution in [2.45, 2.75) is 38.6 Å². The third kappa shape index (κ3) is 6.06. The number of unbranched alkanes of at least 4 members (excludes halogenated alkanes) is 1. The van der Waals surface area contributed by atoms with Gasteiger partial charge in [0.15, 0.2) is 11.5 Å². The fourth-order valence-corrected chi connectivity index (χ4v) is 5.20. The lowest BCUT2D eigenvalue weighted by Gasteiger charge is -2.32. The number of aliphatic hydroxyl groups is 1. The predicted molar refractivity (Wildman–Crippen MR) is 148 cm³/mol. The Balaban J connectivity index is 1.42. The van der Waals surface area contributed by atoms with Gasteiger partial charge in [-0.05, 0) is 63.4 Å². The highest BCUT2D eigenvalue weighted by atomic mass is 16.5. The number of morpholine rings is 1. The Morgan fingerprint density at radius 3 is 2.55 bits per heavy atom. The minimum atomic E-state index is -0.226. The second-order valence-corrected chi connectivity index (χ2v) is 9.86. The summed E-state index contributed by atoms with van der Waals surface area (Å²) < 4.78 is 7.69. The maximum absolute atomic E-state index is 11.9. The van der Waals surface area contributed by atoms with Crippen molar-refractivity contribution >= 4 is 28.6 Å². The van der Waals surface area contributed by atoms with Crippen molar-refractivity contribution in [1.29, 1.82) is 0 Å². The lowest BCUT2D eigenvalue weighted by molar-refractivity contribution is 0.122. The van der Waals surface area contributed by atoms with Gasteiger partial charge in [-0.3, -0.25) is 0 Å². The quantitative estimate of drug-likeness (QED) is 0.367. The number of aliphatic hydroxyl groups excluding tert-OH is 1. The Kier molecular flexibility index (Phi) is 8.67. The van der Waals surface area contributed by atoms with Gasteiger partial charge in [-0.15, -0.1) is 0 Å². The molecular formula is C27H38N8O3. The molecule has 0 saturated carbocycles. The number of carbonyl (C=O) groups excluding carboxylic acids is 1. The van der Waals surface area contributed by atoms with Crippen LogP contribution in [0, 0.1) is 0 Å². The molecule has 3 N–H and O–H groups in total. The van der Waals surface area contributed by atoms with E-state index in [1.54, 1.807) is 0 Å². The van der Waals surface area contributed by atoms with Gasteiger partial charge in [-0.25, -0.2) is 19.4 Å². The van der Waals surface area contributed by atoms with Crippen LogP contribution in [-0.2, 0) is 4.74 Å². The maximum atomic E-state index is 11.9. The number of aromatic nitrogens is 4. The molecule has 3 aromatic rings. The van der Waals surface area contributed by atoms with Gasteiger partial charge in [-0.1, -0.05) is 0 Å². The predicted octanol–water partition coefficient (Wildman–Crippen LogP) is 2.88. The van der Waals surface area contributed by atoms with Gasteiger partial charge in [0, 0.05) is 50.6 Å². The third-order valence-electron chi connectivity index (χ3n) is 7.27. The lowest BCUT2D eigenvalue weighted by atomic mass is 10.0. The van der Waals surface area contributed by atoms with E-state index in [4.69, 9.17) is 24.9 Å². The van der Waals surface area contributed by atoms with Gasteiger partial charge in [0.05, 0.1) is 30.8 Å². The van der Waals surface area contributed by atoms with Crippen LogP contribution in [0.15, 0.2) is 30.5 Å². The first-order valence-electron chi connectivity index (χ1n) is 13.7. The number of anilines is 2. The fourth-order valence-electron chi connectivity index (χ4n) is 5.20. The van der Waals surface area contributed by atoms with E-state index in [-0.39, 0.29) is 18.7 Å². The van der Waals surface area contributed by atoms with Gasteiger partial charge in [0.25, 0.3) is 0 Å². The van der Waals surface area contributed by atoms with Crippen LogP contribution in [0.3, 0.4) is 0 Å². The fraction of sp³-hybridized carbons (Fsp3) is 0.556. The summed E-state index contributed by atoms with van der Waals surface area (Å²) in [5, 5.41) is 20.5. The summed E-state index contributed by atoms with van der Waals surface area (Å²) in [6.45, 7) is 8.68. The number of nitrogens with zero attached hydrogens (tertiary/aromatic N) is 6. The Hall–Kier alpha value is -3.28. The Labute approximate surface area is 223 Å². The molecule has 0 bridgehead atoms. The highest BCUT2D eigenvalue weighted by Gasteiger charge is 2.26. The number of piperidine rings is 1. The molecule has 11 nitrogen and oxygen atoms in total. The van der Waals surface area contributed by atoms with Crippen LogP contribution >= 0.6 is 0 Å². The van der Waals surface area contributed by atoms with Crippen molar-refractivity contribution < 1.29 is 14.6 Å². The molecule has 2 amide bonds. The summed E-state index contributed by atoms with van der Waals surface area (Å²) in [6, 6.07) is 7.68. The zero-order chi connectivity index (χ0) is 26.3. The van der Waals surface area contributed by atoms with Gasteiger partial charge in [0.2, 0.25) is 0 Å². The standard InChI is InChI=1S/C27H38N8O3/c1-2-28-27(37)30-21-7-5-20(6-8-21)24-31-25(34-14-17-38-18-15-34)23-19-29-35(26(23)32-24)22-9-12-33(13-10-22)11-3-4-16-36/h5-8,19,22,36H,2-4,9-18H2,1H3,(H2,28,30,37). The van der Waals surface area contributed by atoms with Crippen LogP contribution in [-0.4, -0.2) is 94.9 Å². The summed E-state index contributed by atoms with van der Waals surface area (Å²) in [5.74, 6) is 1.54. The zero-order valence-corrected chi connectivity index (χ0v) is 22.1. The van der Waals surface area contributed by atoms with Crippen LogP contribution in [0.5, 0.6) is 0 Å². The van der Waals surface area contributed by atoms with Crippen molar-refractivity contribution in [3.8, 4) is 11.4 Å². The molecule has 0 atom stereocenters. The first-order valence-corrected chi connectivity index (χ1v) is 13.7. The second-order valence-electron chi connectivity index (χ2n) is 9.86. The van der Waals surface area contributed by atoms with Crippen LogP contribution in [0.2, 0.25) is 0 Å². The van der Waals surface area contributed by atoms with E-state index >= 15 is 0 Å². The van der Waals surface area contributed by atoms with Gasteiger partial charge in [-0.2, -0.15) is 5.10 Å². The Morgan fingerprint density at radius 1 is 1.08 bits per heavy atom. The van der Waals surface area contributed by atoms with E-state index in [0.717, 1.165) is 80.8 Å². The van der Waals surface area contributed by atoms with Crippen molar-refractivity contribution in [2.75, 3.05) is 69.3 Å². The number of rotatable bonds is 9. The smallest absolute Gasteiger partial charge is 0.319 e. The highest BCUT2D eigenvalue weighted by Crippen LogP contribution is 2.32. The first-order chi connectivity index (χ1) is 18.7. The number of hydrogen-bond acceptors (Lipinski definition) is 8. The van der Waals surface area contributed by atoms with E-state index in [2.05, 4.69) is 25.1 Å². The summed E-state index contributed by atoms with van der Waals surface area (Å²) in [6.07, 6.45) is 5.83. The average molecular weight is 523 g/mol. The summed E-state index contributed by atoms with van der Waals surface area (Å²) in [4.78, 5) is 26.7. The summed E-state index contributed by atoms with van der Waals surface area (Å²) in [7, 11) is 0.